The summed E-state index contributed by atoms with van der Waals surface area (Å²) in [5, 5.41) is 4.68. The molecule has 0 bridgehead atoms. The summed E-state index contributed by atoms with van der Waals surface area (Å²) in [6.07, 6.45) is 6.87. The van der Waals surface area contributed by atoms with Gasteiger partial charge in [-0.2, -0.15) is 0 Å². The molecule has 0 aromatic heterocycles. The van der Waals surface area contributed by atoms with Gasteiger partial charge in [-0.3, -0.25) is 0 Å². The van der Waals surface area contributed by atoms with Gasteiger partial charge in [0, 0.05) is 16.6 Å². The smallest absolute Gasteiger partial charge is 0.0568 e. The molecular weight excluding hydrogens is 290 g/mol. The van der Waals surface area contributed by atoms with E-state index < -0.39 is 0 Å². The first-order valence-electron chi connectivity index (χ1n) is 8.09. The molecule has 0 saturated carbocycles. The molecule has 0 radical (unpaired) electrons. The van der Waals surface area contributed by atoms with Crippen LogP contribution in [0.1, 0.15) is 42.0 Å². The molecule has 1 aliphatic carbocycles. The van der Waals surface area contributed by atoms with Crippen LogP contribution in [0.3, 0.4) is 0 Å². The summed E-state index contributed by atoms with van der Waals surface area (Å²) in [5.74, 6) is 1.06. The standard InChI is InChI=1S/C20H20ClN/c1-2-13-7-5-10-15-14-9-6-11-16(14)20(22-19(13)15)17-8-3-4-12-18(17)21/h3-10,12,14,16,20,22H,2,11H2,1H3/t14-,16+,20+/m1/s1. The van der Waals surface area contributed by atoms with E-state index in [2.05, 4.69) is 54.7 Å². The SMILES string of the molecule is CCc1cccc2c1N[C@H](c1ccccc1Cl)[C@H]1CC=C[C@H]21. The Morgan fingerprint density at radius 3 is 2.73 bits per heavy atom. The minimum atomic E-state index is 0.286. The van der Waals surface area contributed by atoms with E-state index >= 15 is 0 Å². The lowest BCUT2D eigenvalue weighted by atomic mass is 9.76. The topological polar surface area (TPSA) is 12.0 Å². The molecule has 0 unspecified atom stereocenters. The zero-order valence-electron chi connectivity index (χ0n) is 12.7. The lowest BCUT2D eigenvalue weighted by molar-refractivity contribution is 0.425. The Morgan fingerprint density at radius 2 is 1.91 bits per heavy atom. The van der Waals surface area contributed by atoms with Crippen LogP contribution in [0.25, 0.3) is 0 Å². The molecule has 2 aliphatic rings. The van der Waals surface area contributed by atoms with Gasteiger partial charge in [-0.1, -0.05) is 67.1 Å². The normalized spacial score (nSPS) is 25.5. The van der Waals surface area contributed by atoms with E-state index in [0.29, 0.717) is 11.8 Å². The van der Waals surface area contributed by atoms with Gasteiger partial charge in [0.25, 0.3) is 0 Å². The first-order chi connectivity index (χ1) is 10.8. The summed E-state index contributed by atoms with van der Waals surface area (Å²) < 4.78 is 0. The van der Waals surface area contributed by atoms with Crippen LogP contribution in [-0.2, 0) is 6.42 Å². The van der Waals surface area contributed by atoms with Crippen LogP contribution in [0.15, 0.2) is 54.6 Å². The van der Waals surface area contributed by atoms with Gasteiger partial charge >= 0.3 is 0 Å². The minimum Gasteiger partial charge on any atom is -0.377 e. The van der Waals surface area contributed by atoms with Crippen molar-refractivity contribution in [2.45, 2.75) is 31.7 Å². The second kappa shape index (κ2) is 5.48. The van der Waals surface area contributed by atoms with E-state index in [9.17, 15) is 0 Å². The summed E-state index contributed by atoms with van der Waals surface area (Å²) in [4.78, 5) is 0. The quantitative estimate of drug-likeness (QED) is 0.699. The van der Waals surface area contributed by atoms with E-state index in [1.807, 2.05) is 12.1 Å². The molecule has 112 valence electrons. The second-order valence-electron chi connectivity index (χ2n) is 6.23. The van der Waals surface area contributed by atoms with Gasteiger partial charge in [-0.05, 0) is 41.5 Å². The van der Waals surface area contributed by atoms with Crippen molar-refractivity contribution in [3.8, 4) is 0 Å². The maximum absolute atomic E-state index is 6.49. The van der Waals surface area contributed by atoms with E-state index in [0.717, 1.165) is 17.9 Å². The monoisotopic (exact) mass is 309 g/mol. The Bertz CT molecular complexity index is 734. The number of hydrogen-bond donors (Lipinski definition) is 1. The number of hydrogen-bond acceptors (Lipinski definition) is 1. The minimum absolute atomic E-state index is 0.286. The number of benzene rings is 2. The maximum atomic E-state index is 6.49. The van der Waals surface area contributed by atoms with Crippen LogP contribution < -0.4 is 5.32 Å². The van der Waals surface area contributed by atoms with Crippen LogP contribution in [0.4, 0.5) is 5.69 Å². The highest BCUT2D eigenvalue weighted by Crippen LogP contribution is 2.51. The fourth-order valence-corrected chi connectivity index (χ4v) is 4.27. The van der Waals surface area contributed by atoms with Gasteiger partial charge in [0.05, 0.1) is 6.04 Å². The largest absolute Gasteiger partial charge is 0.377 e. The van der Waals surface area contributed by atoms with Crippen LogP contribution in [-0.4, -0.2) is 0 Å². The second-order valence-corrected chi connectivity index (χ2v) is 6.64. The Hall–Kier alpha value is -1.73. The number of halogens is 1. The van der Waals surface area contributed by atoms with Gasteiger partial charge in [0.1, 0.15) is 0 Å². The molecule has 1 heterocycles. The average Bonchev–Trinajstić information content (AvgIpc) is 3.04. The highest BCUT2D eigenvalue weighted by molar-refractivity contribution is 6.31. The molecule has 0 saturated heterocycles. The van der Waals surface area contributed by atoms with Gasteiger partial charge in [-0.15, -0.1) is 0 Å². The molecule has 0 amide bonds. The number of allylic oxidation sites excluding steroid dienone is 2. The lowest BCUT2D eigenvalue weighted by Gasteiger charge is -2.38. The summed E-state index contributed by atoms with van der Waals surface area (Å²) in [6.45, 7) is 2.22. The third-order valence-electron chi connectivity index (χ3n) is 5.10. The predicted octanol–water partition coefficient (Wildman–Crippen LogP) is 5.73. The molecule has 3 atom stereocenters. The van der Waals surface area contributed by atoms with E-state index in [1.165, 1.54) is 22.4 Å². The summed E-state index contributed by atoms with van der Waals surface area (Å²) in [5.41, 5.74) is 5.39. The van der Waals surface area contributed by atoms with Crippen LogP contribution >= 0.6 is 11.6 Å². The number of fused-ring (bicyclic) bond motifs is 3. The Labute approximate surface area is 137 Å². The van der Waals surface area contributed by atoms with Gasteiger partial charge < -0.3 is 5.32 Å². The fourth-order valence-electron chi connectivity index (χ4n) is 4.02. The number of aryl methyl sites for hydroxylation is 1. The molecular formula is C20H20ClN. The Balaban J connectivity index is 1.85. The van der Waals surface area contributed by atoms with Gasteiger partial charge in [0.2, 0.25) is 0 Å². The first kappa shape index (κ1) is 13.9. The first-order valence-corrected chi connectivity index (χ1v) is 8.46. The zero-order chi connectivity index (χ0) is 15.1. The molecule has 1 aliphatic heterocycles. The summed E-state index contributed by atoms with van der Waals surface area (Å²) >= 11 is 6.49. The van der Waals surface area contributed by atoms with Crippen molar-refractivity contribution in [1.82, 2.24) is 0 Å². The summed E-state index contributed by atoms with van der Waals surface area (Å²) in [7, 11) is 0. The zero-order valence-corrected chi connectivity index (χ0v) is 13.5. The van der Waals surface area contributed by atoms with Crippen LogP contribution in [0, 0.1) is 5.92 Å². The van der Waals surface area contributed by atoms with Crippen molar-refractivity contribution >= 4 is 17.3 Å². The van der Waals surface area contributed by atoms with E-state index in [4.69, 9.17) is 11.6 Å². The van der Waals surface area contributed by atoms with Gasteiger partial charge in [-0.25, -0.2) is 0 Å². The maximum Gasteiger partial charge on any atom is 0.0568 e. The predicted molar refractivity (Wildman–Crippen MR) is 93.6 cm³/mol. The Kier molecular flexibility index (Phi) is 3.46. The van der Waals surface area contributed by atoms with Crippen molar-refractivity contribution in [3.05, 3.63) is 76.3 Å². The third-order valence-corrected chi connectivity index (χ3v) is 5.45. The van der Waals surface area contributed by atoms with E-state index in [1.54, 1.807) is 0 Å². The Morgan fingerprint density at radius 1 is 1.09 bits per heavy atom. The molecule has 4 rings (SSSR count). The third kappa shape index (κ3) is 2.07. The number of anilines is 1. The fraction of sp³-hybridized carbons (Fsp3) is 0.300. The number of nitrogens with one attached hydrogen (secondary N) is 1. The van der Waals surface area contributed by atoms with Crippen molar-refractivity contribution in [2.24, 2.45) is 5.92 Å². The van der Waals surface area contributed by atoms with Crippen molar-refractivity contribution in [1.29, 1.82) is 0 Å². The number of rotatable bonds is 2. The molecule has 2 heteroatoms. The van der Waals surface area contributed by atoms with Crippen LogP contribution in [0.2, 0.25) is 5.02 Å². The van der Waals surface area contributed by atoms with E-state index in [-0.39, 0.29) is 6.04 Å². The average molecular weight is 310 g/mol. The number of para-hydroxylation sites is 1. The molecule has 1 nitrogen and oxygen atoms in total. The molecule has 0 spiro atoms. The molecule has 22 heavy (non-hydrogen) atoms. The van der Waals surface area contributed by atoms with Crippen molar-refractivity contribution in [3.63, 3.8) is 0 Å². The molecule has 2 aromatic rings. The molecule has 0 fully saturated rings. The highest BCUT2D eigenvalue weighted by Gasteiger charge is 2.38. The van der Waals surface area contributed by atoms with Crippen molar-refractivity contribution < 1.29 is 0 Å². The summed E-state index contributed by atoms with van der Waals surface area (Å²) in [6, 6.07) is 15.2. The highest BCUT2D eigenvalue weighted by atomic mass is 35.5. The van der Waals surface area contributed by atoms with Gasteiger partial charge in [0.15, 0.2) is 0 Å². The molecule has 1 N–H and O–H groups in total. The van der Waals surface area contributed by atoms with Crippen molar-refractivity contribution in [2.75, 3.05) is 5.32 Å². The van der Waals surface area contributed by atoms with Crippen LogP contribution in [0.5, 0.6) is 0 Å². The molecule has 2 aromatic carbocycles. The lowest BCUT2D eigenvalue weighted by Crippen LogP contribution is -2.30.